The summed E-state index contributed by atoms with van der Waals surface area (Å²) in [5, 5.41) is 6.09. The minimum atomic E-state index is -1.44. The summed E-state index contributed by atoms with van der Waals surface area (Å²) in [5.74, 6) is -0.651. The second-order valence-corrected chi connectivity index (χ2v) is 8.06. The van der Waals surface area contributed by atoms with Crippen molar-refractivity contribution in [3.05, 3.63) is 51.0 Å². The first-order valence-electron chi connectivity index (χ1n) is 8.91. The van der Waals surface area contributed by atoms with E-state index in [4.69, 9.17) is 44.3 Å². The van der Waals surface area contributed by atoms with E-state index in [0.717, 1.165) is 4.90 Å². The quantitative estimate of drug-likeness (QED) is 0.600. The van der Waals surface area contributed by atoms with Crippen LogP contribution in [0.15, 0.2) is 30.3 Å². The number of methoxy groups -OCH3 is 2. The number of carbonyl (C=O) groups excluding carboxylic acids is 3. The van der Waals surface area contributed by atoms with Crippen molar-refractivity contribution in [3.8, 4) is 11.5 Å². The SMILES string of the molecule is COc1cc(NC(=O)CN2C(=O)NC(C)(c3ccc(Cl)cc3Cl)C2=O)c(OC)cc1Cl. The van der Waals surface area contributed by atoms with Crippen molar-refractivity contribution in [2.75, 3.05) is 26.1 Å². The van der Waals surface area contributed by atoms with Crippen LogP contribution < -0.4 is 20.1 Å². The third kappa shape index (κ3) is 4.37. The van der Waals surface area contributed by atoms with Crippen molar-refractivity contribution in [2.45, 2.75) is 12.5 Å². The molecule has 0 radical (unpaired) electrons. The normalized spacial score (nSPS) is 18.1. The molecule has 3 rings (SSSR count). The van der Waals surface area contributed by atoms with Gasteiger partial charge in [-0.2, -0.15) is 0 Å². The number of ether oxygens (including phenoxy) is 2. The average Bonchev–Trinajstić information content (AvgIpc) is 2.92. The zero-order valence-electron chi connectivity index (χ0n) is 16.7. The van der Waals surface area contributed by atoms with Gasteiger partial charge in [0.2, 0.25) is 5.91 Å². The number of amides is 4. The first kappa shape index (κ1) is 23.0. The lowest BCUT2D eigenvalue weighted by molar-refractivity contribution is -0.133. The molecule has 0 saturated carbocycles. The van der Waals surface area contributed by atoms with Crippen LogP contribution in [-0.4, -0.2) is 43.5 Å². The van der Waals surface area contributed by atoms with Gasteiger partial charge < -0.3 is 20.1 Å². The lowest BCUT2D eigenvalue weighted by atomic mass is 9.92. The van der Waals surface area contributed by atoms with E-state index in [-0.39, 0.29) is 16.5 Å². The molecule has 1 saturated heterocycles. The fourth-order valence-electron chi connectivity index (χ4n) is 3.21. The van der Waals surface area contributed by atoms with Gasteiger partial charge in [0.15, 0.2) is 0 Å². The van der Waals surface area contributed by atoms with Gasteiger partial charge in [0.05, 0.1) is 24.9 Å². The number of urea groups is 1. The van der Waals surface area contributed by atoms with Crippen molar-refractivity contribution >= 4 is 58.3 Å². The molecule has 0 aliphatic carbocycles. The number of benzene rings is 2. The molecule has 1 heterocycles. The van der Waals surface area contributed by atoms with E-state index in [0.29, 0.717) is 21.4 Å². The van der Waals surface area contributed by atoms with Gasteiger partial charge >= 0.3 is 6.03 Å². The molecule has 1 fully saturated rings. The highest BCUT2D eigenvalue weighted by Crippen LogP contribution is 2.37. The van der Waals surface area contributed by atoms with Crippen LogP contribution in [0, 0.1) is 0 Å². The molecule has 4 amide bonds. The summed E-state index contributed by atoms with van der Waals surface area (Å²) in [6.45, 7) is 0.979. The minimum absolute atomic E-state index is 0.216. The zero-order chi connectivity index (χ0) is 22.9. The molecule has 0 aromatic heterocycles. The van der Waals surface area contributed by atoms with E-state index >= 15 is 0 Å². The summed E-state index contributed by atoms with van der Waals surface area (Å²) in [6.07, 6.45) is 0. The molecule has 0 spiro atoms. The number of anilines is 1. The van der Waals surface area contributed by atoms with Crippen LogP contribution in [0.25, 0.3) is 0 Å². The van der Waals surface area contributed by atoms with Crippen LogP contribution in [0.1, 0.15) is 12.5 Å². The molecule has 31 heavy (non-hydrogen) atoms. The van der Waals surface area contributed by atoms with Crippen molar-refractivity contribution < 1.29 is 23.9 Å². The minimum Gasteiger partial charge on any atom is -0.495 e. The molecule has 164 valence electrons. The monoisotopic (exact) mass is 485 g/mol. The molecular weight excluding hydrogens is 469 g/mol. The summed E-state index contributed by atoms with van der Waals surface area (Å²) < 4.78 is 10.4. The number of hydrogen-bond acceptors (Lipinski definition) is 5. The molecule has 2 aromatic rings. The van der Waals surface area contributed by atoms with Crippen molar-refractivity contribution in [1.82, 2.24) is 10.2 Å². The van der Waals surface area contributed by atoms with Gasteiger partial charge in [-0.3, -0.25) is 14.5 Å². The maximum atomic E-state index is 13.0. The van der Waals surface area contributed by atoms with Gasteiger partial charge in [0.1, 0.15) is 23.6 Å². The maximum Gasteiger partial charge on any atom is 0.325 e. The first-order chi connectivity index (χ1) is 14.6. The molecule has 1 aliphatic rings. The van der Waals surface area contributed by atoms with Crippen LogP contribution in [-0.2, 0) is 15.1 Å². The molecule has 1 aliphatic heterocycles. The van der Waals surface area contributed by atoms with Crippen molar-refractivity contribution in [1.29, 1.82) is 0 Å². The van der Waals surface area contributed by atoms with E-state index in [2.05, 4.69) is 10.6 Å². The highest BCUT2D eigenvalue weighted by atomic mass is 35.5. The third-order valence-corrected chi connectivity index (χ3v) is 5.64. The van der Waals surface area contributed by atoms with Crippen LogP contribution >= 0.6 is 34.8 Å². The van der Waals surface area contributed by atoms with Crippen molar-refractivity contribution in [3.63, 3.8) is 0 Å². The Morgan fingerprint density at radius 2 is 1.74 bits per heavy atom. The summed E-state index contributed by atoms with van der Waals surface area (Å²) in [5.41, 5.74) is -0.812. The van der Waals surface area contributed by atoms with E-state index in [9.17, 15) is 14.4 Å². The Labute approximate surface area is 193 Å². The lowest BCUT2D eigenvalue weighted by Crippen LogP contribution is -2.42. The van der Waals surface area contributed by atoms with Gasteiger partial charge in [-0.05, 0) is 19.1 Å². The Hall–Kier alpha value is -2.68. The Bertz CT molecular complexity index is 1080. The number of nitrogens with zero attached hydrogens (tertiary/aromatic N) is 1. The second kappa shape index (κ2) is 8.82. The molecule has 0 bridgehead atoms. The average molecular weight is 487 g/mol. The molecule has 2 aromatic carbocycles. The maximum absolute atomic E-state index is 13.0. The molecule has 1 unspecified atom stereocenters. The molecular formula is C20H18Cl3N3O5. The number of halogens is 3. The fraction of sp³-hybridized carbons (Fsp3) is 0.250. The molecule has 1 atom stereocenters. The Kier molecular flexibility index (Phi) is 6.54. The van der Waals surface area contributed by atoms with Crippen LogP contribution in [0.2, 0.25) is 15.1 Å². The van der Waals surface area contributed by atoms with E-state index in [1.807, 2.05) is 0 Å². The predicted molar refractivity (Wildman–Crippen MR) is 117 cm³/mol. The van der Waals surface area contributed by atoms with Crippen LogP contribution in [0.5, 0.6) is 11.5 Å². The predicted octanol–water partition coefficient (Wildman–Crippen LogP) is 4.07. The zero-order valence-corrected chi connectivity index (χ0v) is 19.0. The topological polar surface area (TPSA) is 97.0 Å². The summed E-state index contributed by atoms with van der Waals surface area (Å²) in [7, 11) is 2.84. The van der Waals surface area contributed by atoms with E-state index < -0.39 is 29.9 Å². The smallest absolute Gasteiger partial charge is 0.325 e. The Morgan fingerprint density at radius 1 is 1.06 bits per heavy atom. The van der Waals surface area contributed by atoms with Gasteiger partial charge in [-0.15, -0.1) is 0 Å². The highest BCUT2D eigenvalue weighted by molar-refractivity contribution is 6.35. The molecule has 11 heteroatoms. The lowest BCUT2D eigenvalue weighted by Gasteiger charge is -2.23. The number of rotatable bonds is 6. The van der Waals surface area contributed by atoms with E-state index in [1.165, 1.54) is 39.3 Å². The Morgan fingerprint density at radius 3 is 2.35 bits per heavy atom. The van der Waals surface area contributed by atoms with Crippen LogP contribution in [0.4, 0.5) is 10.5 Å². The molecule has 2 N–H and O–H groups in total. The van der Waals surface area contributed by atoms with Gasteiger partial charge in [0.25, 0.3) is 5.91 Å². The number of nitrogens with one attached hydrogen (secondary N) is 2. The Balaban J connectivity index is 1.81. The standard InChI is InChI=1S/C20H18Cl3N3O5/c1-20(11-5-4-10(21)6-12(11)22)18(28)26(19(29)25-20)9-17(27)24-14-8-15(30-2)13(23)7-16(14)31-3/h4-8H,9H2,1-3H3,(H,24,27)(H,25,29). The number of imide groups is 1. The fourth-order valence-corrected chi connectivity index (χ4v) is 4.04. The second-order valence-electron chi connectivity index (χ2n) is 6.81. The summed E-state index contributed by atoms with van der Waals surface area (Å²) in [6, 6.07) is 6.81. The summed E-state index contributed by atoms with van der Waals surface area (Å²) in [4.78, 5) is 38.9. The van der Waals surface area contributed by atoms with Gasteiger partial charge in [-0.1, -0.05) is 40.9 Å². The number of carbonyl (C=O) groups is 3. The van der Waals surface area contributed by atoms with Gasteiger partial charge in [0, 0.05) is 27.7 Å². The highest BCUT2D eigenvalue weighted by Gasteiger charge is 2.50. The van der Waals surface area contributed by atoms with Crippen molar-refractivity contribution in [2.24, 2.45) is 0 Å². The largest absolute Gasteiger partial charge is 0.495 e. The van der Waals surface area contributed by atoms with E-state index in [1.54, 1.807) is 12.1 Å². The molecule has 8 nitrogen and oxygen atoms in total. The number of hydrogen-bond donors (Lipinski definition) is 2. The van der Waals surface area contributed by atoms with Gasteiger partial charge in [-0.25, -0.2) is 4.79 Å². The van der Waals surface area contributed by atoms with Crippen LogP contribution in [0.3, 0.4) is 0 Å². The summed E-state index contributed by atoms with van der Waals surface area (Å²) >= 11 is 18.2. The first-order valence-corrected chi connectivity index (χ1v) is 10.0. The third-order valence-electron chi connectivity index (χ3n) is 4.79.